The van der Waals surface area contributed by atoms with Gasteiger partial charge < -0.3 is 4.90 Å². The molecule has 0 N–H and O–H groups in total. The van der Waals surface area contributed by atoms with Gasteiger partial charge >= 0.3 is 0 Å². The highest BCUT2D eigenvalue weighted by atomic mass is 79.9. The maximum absolute atomic E-state index is 13.1. The molecule has 0 saturated carbocycles. The number of benzene rings is 2. The van der Waals surface area contributed by atoms with Crippen LogP contribution in [0.15, 0.2) is 46.9 Å². The van der Waals surface area contributed by atoms with Crippen molar-refractivity contribution in [1.82, 2.24) is 9.78 Å². The van der Waals surface area contributed by atoms with E-state index < -0.39 is 0 Å². The Morgan fingerprint density at radius 1 is 1.22 bits per heavy atom. The van der Waals surface area contributed by atoms with Crippen LogP contribution in [0.4, 0.5) is 10.1 Å². The van der Waals surface area contributed by atoms with E-state index in [0.29, 0.717) is 17.8 Å². The van der Waals surface area contributed by atoms with Gasteiger partial charge in [-0.25, -0.2) is 9.07 Å². The summed E-state index contributed by atoms with van der Waals surface area (Å²) in [6.07, 6.45) is 0. The van der Waals surface area contributed by atoms with E-state index in [-0.39, 0.29) is 16.9 Å². The van der Waals surface area contributed by atoms with Gasteiger partial charge in [0.2, 0.25) is 0 Å². The molecule has 2 aromatic carbocycles. The Hall–Kier alpha value is -2.18. The summed E-state index contributed by atoms with van der Waals surface area (Å²) in [6.45, 7) is 4.05. The molecular weight excluding hydrogens is 433 g/mol. The molecule has 1 amide bonds. The first kappa shape index (κ1) is 19.6. The van der Waals surface area contributed by atoms with Gasteiger partial charge in [-0.3, -0.25) is 4.79 Å². The van der Waals surface area contributed by atoms with Crippen LogP contribution in [0.1, 0.15) is 27.2 Å². The molecule has 4 nitrogen and oxygen atoms in total. The summed E-state index contributed by atoms with van der Waals surface area (Å²) < 4.78 is 15.6. The molecule has 7 heteroatoms. The van der Waals surface area contributed by atoms with E-state index in [0.717, 1.165) is 21.3 Å². The highest BCUT2D eigenvalue weighted by Crippen LogP contribution is 2.28. The van der Waals surface area contributed by atoms with Crippen molar-refractivity contribution in [2.75, 3.05) is 11.9 Å². The lowest BCUT2D eigenvalue weighted by Gasteiger charge is -2.19. The van der Waals surface area contributed by atoms with Gasteiger partial charge in [0.15, 0.2) is 0 Å². The van der Waals surface area contributed by atoms with Crippen LogP contribution in [0.2, 0.25) is 5.15 Å². The summed E-state index contributed by atoms with van der Waals surface area (Å²) in [7, 11) is 1.71. The Morgan fingerprint density at radius 2 is 1.89 bits per heavy atom. The van der Waals surface area contributed by atoms with Gasteiger partial charge in [-0.15, -0.1) is 0 Å². The van der Waals surface area contributed by atoms with Gasteiger partial charge in [0.05, 0.1) is 17.8 Å². The number of hydrogen-bond acceptors (Lipinski definition) is 2. The van der Waals surface area contributed by atoms with E-state index in [1.807, 2.05) is 25.1 Å². The lowest BCUT2D eigenvalue weighted by atomic mass is 10.1. The third-order valence-electron chi connectivity index (χ3n) is 4.35. The number of anilines is 1. The fourth-order valence-corrected chi connectivity index (χ4v) is 3.73. The fourth-order valence-electron chi connectivity index (χ4n) is 2.94. The molecule has 0 aliphatic heterocycles. The van der Waals surface area contributed by atoms with Gasteiger partial charge in [0.1, 0.15) is 11.0 Å². The zero-order valence-electron chi connectivity index (χ0n) is 15.1. The molecule has 27 heavy (non-hydrogen) atoms. The minimum atomic E-state index is -0.302. The Labute approximate surface area is 170 Å². The number of aryl methyl sites for hydroxylation is 2. The summed E-state index contributed by atoms with van der Waals surface area (Å²) in [5.74, 6) is -0.530. The van der Waals surface area contributed by atoms with Gasteiger partial charge in [-0.1, -0.05) is 39.7 Å². The quantitative estimate of drug-likeness (QED) is 0.535. The van der Waals surface area contributed by atoms with Crippen LogP contribution in [-0.4, -0.2) is 22.7 Å². The van der Waals surface area contributed by atoms with Crippen LogP contribution in [0.25, 0.3) is 0 Å². The third kappa shape index (κ3) is 4.06. The molecule has 0 saturated heterocycles. The molecule has 140 valence electrons. The van der Waals surface area contributed by atoms with Gasteiger partial charge in [0, 0.05) is 17.2 Å². The molecule has 0 spiro atoms. The van der Waals surface area contributed by atoms with Crippen LogP contribution in [-0.2, 0) is 6.54 Å². The van der Waals surface area contributed by atoms with Gasteiger partial charge in [0.25, 0.3) is 5.91 Å². The number of halogens is 3. The number of hydrogen-bond donors (Lipinski definition) is 0. The van der Waals surface area contributed by atoms with Crippen LogP contribution in [0, 0.1) is 19.7 Å². The van der Waals surface area contributed by atoms with E-state index in [9.17, 15) is 9.18 Å². The predicted molar refractivity (Wildman–Crippen MR) is 109 cm³/mol. The molecule has 0 aliphatic carbocycles. The van der Waals surface area contributed by atoms with Crippen LogP contribution < -0.4 is 4.90 Å². The fraction of sp³-hybridized carbons (Fsp3) is 0.200. The van der Waals surface area contributed by atoms with Gasteiger partial charge in [-0.05, 0) is 55.3 Å². The lowest BCUT2D eigenvalue weighted by Crippen LogP contribution is -2.27. The summed E-state index contributed by atoms with van der Waals surface area (Å²) in [5, 5.41) is 4.66. The standard InChI is InChI=1S/C20H18BrClFN3O/c1-12-10-15(21)6-9-17(12)25(3)20(27)18-13(2)24-26(19(18)22)11-14-4-7-16(23)8-5-14/h4-10H,11H2,1-3H3. The number of aromatic nitrogens is 2. The molecule has 0 fully saturated rings. The molecule has 1 heterocycles. The van der Waals surface area contributed by atoms with Crippen molar-refractivity contribution in [1.29, 1.82) is 0 Å². The number of nitrogens with zero attached hydrogens (tertiary/aromatic N) is 3. The average Bonchev–Trinajstić information content (AvgIpc) is 2.89. The van der Waals surface area contributed by atoms with E-state index >= 15 is 0 Å². The first-order valence-electron chi connectivity index (χ1n) is 8.29. The molecule has 0 unspecified atom stereocenters. The molecule has 3 aromatic rings. The monoisotopic (exact) mass is 449 g/mol. The minimum Gasteiger partial charge on any atom is -0.311 e. The van der Waals surface area contributed by atoms with Crippen LogP contribution >= 0.6 is 27.5 Å². The Balaban J connectivity index is 1.91. The Bertz CT molecular complexity index is 1000. The first-order chi connectivity index (χ1) is 12.8. The lowest BCUT2D eigenvalue weighted by molar-refractivity contribution is 0.0992. The SMILES string of the molecule is Cc1cc(Br)ccc1N(C)C(=O)c1c(C)nn(Cc2ccc(F)cc2)c1Cl. The molecule has 3 rings (SSSR count). The smallest absolute Gasteiger partial charge is 0.263 e. The van der Waals surface area contributed by atoms with Crippen molar-refractivity contribution in [2.24, 2.45) is 0 Å². The number of rotatable bonds is 4. The summed E-state index contributed by atoms with van der Waals surface area (Å²) in [4.78, 5) is 14.6. The van der Waals surface area contributed by atoms with E-state index in [2.05, 4.69) is 21.0 Å². The predicted octanol–water partition coefficient (Wildman–Crippen LogP) is 5.38. The molecule has 0 atom stereocenters. The average molecular weight is 451 g/mol. The van der Waals surface area contributed by atoms with Gasteiger partial charge in [-0.2, -0.15) is 5.10 Å². The number of carbonyl (C=O) groups is 1. The van der Waals surface area contributed by atoms with E-state index in [1.54, 1.807) is 35.7 Å². The number of amides is 1. The van der Waals surface area contributed by atoms with Crippen molar-refractivity contribution in [2.45, 2.75) is 20.4 Å². The maximum atomic E-state index is 13.1. The van der Waals surface area contributed by atoms with Crippen molar-refractivity contribution in [3.8, 4) is 0 Å². The normalized spacial score (nSPS) is 10.9. The second kappa shape index (κ2) is 7.82. The second-order valence-corrected chi connectivity index (χ2v) is 7.60. The highest BCUT2D eigenvalue weighted by molar-refractivity contribution is 9.10. The number of carbonyl (C=O) groups excluding carboxylic acids is 1. The molecule has 1 aromatic heterocycles. The maximum Gasteiger partial charge on any atom is 0.263 e. The second-order valence-electron chi connectivity index (χ2n) is 6.33. The zero-order valence-corrected chi connectivity index (χ0v) is 17.5. The van der Waals surface area contributed by atoms with Crippen molar-refractivity contribution < 1.29 is 9.18 Å². The van der Waals surface area contributed by atoms with Crippen LogP contribution in [0.3, 0.4) is 0 Å². The first-order valence-corrected chi connectivity index (χ1v) is 9.46. The highest BCUT2D eigenvalue weighted by Gasteiger charge is 2.24. The van der Waals surface area contributed by atoms with E-state index in [4.69, 9.17) is 11.6 Å². The van der Waals surface area contributed by atoms with Crippen molar-refractivity contribution >= 4 is 39.1 Å². The van der Waals surface area contributed by atoms with Crippen molar-refractivity contribution in [3.05, 3.63) is 80.3 Å². The molecular formula is C20H18BrClFN3O. The third-order valence-corrected chi connectivity index (χ3v) is 5.23. The van der Waals surface area contributed by atoms with Crippen LogP contribution in [0.5, 0.6) is 0 Å². The molecule has 0 radical (unpaired) electrons. The van der Waals surface area contributed by atoms with Crippen molar-refractivity contribution in [3.63, 3.8) is 0 Å². The minimum absolute atomic E-state index is 0.228. The summed E-state index contributed by atoms with van der Waals surface area (Å²) in [6, 6.07) is 11.8. The molecule has 0 bridgehead atoms. The largest absolute Gasteiger partial charge is 0.311 e. The zero-order chi connectivity index (χ0) is 19.7. The topological polar surface area (TPSA) is 38.1 Å². The van der Waals surface area contributed by atoms with E-state index in [1.165, 1.54) is 12.1 Å². The summed E-state index contributed by atoms with van der Waals surface area (Å²) >= 11 is 9.90. The Morgan fingerprint density at radius 3 is 2.52 bits per heavy atom. The summed E-state index contributed by atoms with van der Waals surface area (Å²) in [5.41, 5.74) is 3.52. The Kier molecular flexibility index (Phi) is 5.67. The molecule has 0 aliphatic rings.